The molecule has 0 spiro atoms. The SMILES string of the molecule is COC(=O)CC#Cc1ccc(O)c(C(=O)O)c1. The van der Waals surface area contributed by atoms with Crippen molar-refractivity contribution >= 4 is 11.9 Å². The number of aromatic hydroxyl groups is 1. The van der Waals surface area contributed by atoms with Crippen LogP contribution in [0.5, 0.6) is 5.75 Å². The van der Waals surface area contributed by atoms with Crippen LogP contribution in [0.1, 0.15) is 22.3 Å². The van der Waals surface area contributed by atoms with Gasteiger partial charge in [0, 0.05) is 5.56 Å². The Morgan fingerprint density at radius 3 is 2.71 bits per heavy atom. The van der Waals surface area contributed by atoms with Crippen LogP contribution in [0.25, 0.3) is 0 Å². The van der Waals surface area contributed by atoms with Crippen LogP contribution >= 0.6 is 0 Å². The molecule has 0 atom stereocenters. The van der Waals surface area contributed by atoms with Gasteiger partial charge in [-0.15, -0.1) is 0 Å². The Balaban J connectivity index is 2.89. The lowest BCUT2D eigenvalue weighted by atomic mass is 10.1. The molecule has 0 aliphatic rings. The van der Waals surface area contributed by atoms with Gasteiger partial charge in [0.15, 0.2) is 0 Å². The average molecular weight is 234 g/mol. The van der Waals surface area contributed by atoms with Crippen LogP contribution in [0.15, 0.2) is 18.2 Å². The first kappa shape index (κ1) is 12.6. The van der Waals surface area contributed by atoms with Crippen molar-refractivity contribution in [1.82, 2.24) is 0 Å². The number of phenols is 1. The monoisotopic (exact) mass is 234 g/mol. The van der Waals surface area contributed by atoms with Crippen molar-refractivity contribution in [2.75, 3.05) is 7.11 Å². The summed E-state index contributed by atoms with van der Waals surface area (Å²) in [7, 11) is 1.26. The lowest BCUT2D eigenvalue weighted by molar-refractivity contribution is -0.139. The van der Waals surface area contributed by atoms with Gasteiger partial charge in [0.1, 0.15) is 17.7 Å². The molecule has 0 bridgehead atoms. The number of rotatable bonds is 2. The third-order valence-electron chi connectivity index (χ3n) is 1.92. The fourth-order valence-electron chi connectivity index (χ4n) is 1.08. The fraction of sp³-hybridized carbons (Fsp3) is 0.167. The van der Waals surface area contributed by atoms with Gasteiger partial charge in [-0.05, 0) is 18.2 Å². The van der Waals surface area contributed by atoms with Gasteiger partial charge in [0.05, 0.1) is 7.11 Å². The molecule has 0 unspecified atom stereocenters. The normalized spacial score (nSPS) is 9.00. The van der Waals surface area contributed by atoms with E-state index >= 15 is 0 Å². The Morgan fingerprint density at radius 1 is 1.41 bits per heavy atom. The molecule has 0 saturated heterocycles. The minimum Gasteiger partial charge on any atom is -0.507 e. The molecule has 0 fully saturated rings. The van der Waals surface area contributed by atoms with E-state index in [0.29, 0.717) is 5.56 Å². The molecule has 0 heterocycles. The smallest absolute Gasteiger partial charge is 0.339 e. The molecular weight excluding hydrogens is 224 g/mol. The van der Waals surface area contributed by atoms with E-state index in [0.717, 1.165) is 0 Å². The first-order valence-electron chi connectivity index (χ1n) is 4.66. The summed E-state index contributed by atoms with van der Waals surface area (Å²) in [6.07, 6.45) is -0.0697. The third-order valence-corrected chi connectivity index (χ3v) is 1.92. The summed E-state index contributed by atoms with van der Waals surface area (Å²) in [5.74, 6) is 3.12. The molecule has 0 amide bonds. The molecule has 17 heavy (non-hydrogen) atoms. The number of ether oxygens (including phenoxy) is 1. The predicted octanol–water partition coefficient (Wildman–Crippen LogP) is 1.01. The molecule has 0 saturated carbocycles. The number of hydrogen-bond acceptors (Lipinski definition) is 4. The van der Waals surface area contributed by atoms with E-state index in [2.05, 4.69) is 16.6 Å². The molecule has 0 aliphatic heterocycles. The van der Waals surface area contributed by atoms with Gasteiger partial charge in [0.25, 0.3) is 0 Å². The lowest BCUT2D eigenvalue weighted by Gasteiger charge is -1.99. The first-order valence-corrected chi connectivity index (χ1v) is 4.66. The molecule has 0 aromatic heterocycles. The molecule has 0 radical (unpaired) electrons. The number of aromatic carboxylic acids is 1. The number of hydrogen-bond donors (Lipinski definition) is 2. The van der Waals surface area contributed by atoms with Gasteiger partial charge in [-0.2, -0.15) is 0 Å². The van der Waals surface area contributed by atoms with Gasteiger partial charge in [-0.1, -0.05) is 11.8 Å². The summed E-state index contributed by atoms with van der Waals surface area (Å²) in [5, 5.41) is 18.0. The van der Waals surface area contributed by atoms with E-state index in [-0.39, 0.29) is 17.7 Å². The van der Waals surface area contributed by atoms with Gasteiger partial charge in [0.2, 0.25) is 0 Å². The van der Waals surface area contributed by atoms with Crippen LogP contribution < -0.4 is 0 Å². The standard InChI is InChI=1S/C12H10O5/c1-17-11(14)4-2-3-8-5-6-10(13)9(7-8)12(15)16/h5-7,13H,4H2,1H3,(H,15,16). The van der Waals surface area contributed by atoms with Crippen LogP contribution in [0.2, 0.25) is 0 Å². The minimum absolute atomic E-state index is 0.0697. The number of esters is 1. The summed E-state index contributed by atoms with van der Waals surface area (Å²) in [4.78, 5) is 21.5. The number of methoxy groups -OCH3 is 1. The Bertz CT molecular complexity index is 507. The summed E-state index contributed by atoms with van der Waals surface area (Å²) in [6, 6.07) is 3.94. The van der Waals surface area contributed by atoms with Crippen molar-refractivity contribution in [1.29, 1.82) is 0 Å². The maximum Gasteiger partial charge on any atom is 0.339 e. The van der Waals surface area contributed by atoms with Gasteiger partial charge >= 0.3 is 11.9 Å². The van der Waals surface area contributed by atoms with E-state index in [4.69, 9.17) is 5.11 Å². The summed E-state index contributed by atoms with van der Waals surface area (Å²) < 4.78 is 4.39. The van der Waals surface area contributed by atoms with E-state index in [1.165, 1.54) is 25.3 Å². The van der Waals surface area contributed by atoms with Crippen molar-refractivity contribution in [3.05, 3.63) is 29.3 Å². The zero-order valence-electron chi connectivity index (χ0n) is 9.06. The third kappa shape index (κ3) is 3.54. The van der Waals surface area contributed by atoms with Crippen LogP contribution in [0.3, 0.4) is 0 Å². The van der Waals surface area contributed by atoms with E-state index in [9.17, 15) is 14.7 Å². The second-order valence-electron chi connectivity index (χ2n) is 3.09. The minimum atomic E-state index is -1.24. The van der Waals surface area contributed by atoms with Crippen molar-refractivity contribution in [2.24, 2.45) is 0 Å². The van der Waals surface area contributed by atoms with Crippen LogP contribution in [-0.4, -0.2) is 29.3 Å². The van der Waals surface area contributed by atoms with Crippen molar-refractivity contribution < 1.29 is 24.5 Å². The van der Waals surface area contributed by atoms with E-state index < -0.39 is 11.9 Å². The number of carbonyl (C=O) groups is 2. The molecule has 2 N–H and O–H groups in total. The summed E-state index contributed by atoms with van der Waals surface area (Å²) in [6.45, 7) is 0. The van der Waals surface area contributed by atoms with Gasteiger partial charge in [-0.25, -0.2) is 4.79 Å². The Kier molecular flexibility index (Phi) is 4.12. The highest BCUT2D eigenvalue weighted by Gasteiger charge is 2.08. The van der Waals surface area contributed by atoms with Gasteiger partial charge in [-0.3, -0.25) is 4.79 Å². The summed E-state index contributed by atoms with van der Waals surface area (Å²) >= 11 is 0. The van der Waals surface area contributed by atoms with Crippen LogP contribution in [0.4, 0.5) is 0 Å². The molecule has 5 heteroatoms. The van der Waals surface area contributed by atoms with Crippen molar-refractivity contribution in [3.63, 3.8) is 0 Å². The molecular formula is C12H10O5. The molecule has 1 aromatic rings. The molecule has 5 nitrogen and oxygen atoms in total. The van der Waals surface area contributed by atoms with Crippen LogP contribution in [0, 0.1) is 11.8 Å². The van der Waals surface area contributed by atoms with E-state index in [1.807, 2.05) is 0 Å². The highest BCUT2D eigenvalue weighted by atomic mass is 16.5. The predicted molar refractivity (Wildman–Crippen MR) is 58.6 cm³/mol. The van der Waals surface area contributed by atoms with Crippen molar-refractivity contribution in [3.8, 4) is 17.6 Å². The van der Waals surface area contributed by atoms with Crippen molar-refractivity contribution in [2.45, 2.75) is 6.42 Å². The van der Waals surface area contributed by atoms with Crippen LogP contribution in [-0.2, 0) is 9.53 Å². The molecule has 1 aromatic carbocycles. The number of carboxylic acid groups (broad SMARTS) is 1. The molecule has 88 valence electrons. The second-order valence-corrected chi connectivity index (χ2v) is 3.09. The lowest BCUT2D eigenvalue weighted by Crippen LogP contribution is -1.98. The average Bonchev–Trinajstić information content (AvgIpc) is 2.30. The number of carbonyl (C=O) groups excluding carboxylic acids is 1. The maximum atomic E-state index is 10.8. The molecule has 1 rings (SSSR count). The van der Waals surface area contributed by atoms with Gasteiger partial charge < -0.3 is 14.9 Å². The highest BCUT2D eigenvalue weighted by Crippen LogP contribution is 2.17. The highest BCUT2D eigenvalue weighted by molar-refractivity contribution is 5.91. The topological polar surface area (TPSA) is 83.8 Å². The number of benzene rings is 1. The largest absolute Gasteiger partial charge is 0.507 e. The fourth-order valence-corrected chi connectivity index (χ4v) is 1.08. The Labute approximate surface area is 97.6 Å². The number of carboxylic acids is 1. The second kappa shape index (κ2) is 5.56. The first-order chi connectivity index (χ1) is 8.04. The Morgan fingerprint density at radius 2 is 2.12 bits per heavy atom. The zero-order valence-corrected chi connectivity index (χ0v) is 9.06. The maximum absolute atomic E-state index is 10.8. The Hall–Kier alpha value is -2.48. The summed E-state index contributed by atoms with van der Waals surface area (Å²) in [5.41, 5.74) is 0.180. The quantitative estimate of drug-likeness (QED) is 0.589. The molecule has 0 aliphatic carbocycles. The van der Waals surface area contributed by atoms with E-state index in [1.54, 1.807) is 0 Å². The zero-order chi connectivity index (χ0) is 12.8.